The van der Waals surface area contributed by atoms with E-state index in [2.05, 4.69) is 17.2 Å². The minimum Gasteiger partial charge on any atom is -0.493 e. The molecule has 0 atom stereocenters. The number of benzene rings is 1. The minimum atomic E-state index is 0.663. The number of ether oxygens (including phenoxy) is 4. The van der Waals surface area contributed by atoms with E-state index >= 15 is 0 Å². The first-order valence-electron chi connectivity index (χ1n) is 8.06. The Labute approximate surface area is 138 Å². The number of morpholine rings is 1. The van der Waals surface area contributed by atoms with Crippen LogP contribution in [-0.4, -0.2) is 52.5 Å². The van der Waals surface area contributed by atoms with E-state index in [4.69, 9.17) is 18.9 Å². The first-order valence-corrected chi connectivity index (χ1v) is 8.06. The number of rotatable bonds is 8. The first-order chi connectivity index (χ1) is 11.3. The summed E-state index contributed by atoms with van der Waals surface area (Å²) in [6.45, 7) is 3.63. The number of hydrogen-bond acceptors (Lipinski definition) is 5. The van der Waals surface area contributed by atoms with Gasteiger partial charge in [0.15, 0.2) is 11.5 Å². The molecule has 23 heavy (non-hydrogen) atoms. The van der Waals surface area contributed by atoms with Gasteiger partial charge in [0.2, 0.25) is 5.75 Å². The van der Waals surface area contributed by atoms with Crippen LogP contribution in [0.15, 0.2) is 24.4 Å². The van der Waals surface area contributed by atoms with Crippen LogP contribution in [0.5, 0.6) is 17.2 Å². The number of methoxy groups -OCH3 is 3. The normalized spacial score (nSPS) is 15.0. The van der Waals surface area contributed by atoms with Gasteiger partial charge >= 0.3 is 0 Å². The van der Waals surface area contributed by atoms with Crippen LogP contribution in [0.2, 0.25) is 0 Å². The molecule has 0 unspecified atom stereocenters. The van der Waals surface area contributed by atoms with E-state index in [0.717, 1.165) is 56.9 Å². The van der Waals surface area contributed by atoms with Crippen LogP contribution in [0.4, 0.5) is 0 Å². The van der Waals surface area contributed by atoms with Crippen molar-refractivity contribution in [3.63, 3.8) is 0 Å². The molecule has 1 heterocycles. The van der Waals surface area contributed by atoms with E-state index in [0.29, 0.717) is 11.5 Å². The van der Waals surface area contributed by atoms with Crippen molar-refractivity contribution >= 4 is 0 Å². The second-order valence-corrected chi connectivity index (χ2v) is 5.42. The highest BCUT2D eigenvalue weighted by Gasteiger charge is 2.15. The summed E-state index contributed by atoms with van der Waals surface area (Å²) in [4.78, 5) is 2.31. The van der Waals surface area contributed by atoms with E-state index in [9.17, 15) is 0 Å². The van der Waals surface area contributed by atoms with Crippen LogP contribution < -0.4 is 14.2 Å². The van der Waals surface area contributed by atoms with Crippen LogP contribution in [0.25, 0.3) is 0 Å². The zero-order valence-corrected chi connectivity index (χ0v) is 14.3. The van der Waals surface area contributed by atoms with Gasteiger partial charge < -0.3 is 23.8 Å². The number of hydrogen-bond donors (Lipinski definition) is 0. The highest BCUT2D eigenvalue weighted by atomic mass is 16.5. The Kier molecular flexibility index (Phi) is 7.07. The van der Waals surface area contributed by atoms with Crippen LogP contribution in [-0.2, 0) is 11.2 Å². The summed E-state index contributed by atoms with van der Waals surface area (Å²) in [5.41, 5.74) is 1.14. The summed E-state index contributed by atoms with van der Waals surface area (Å²) < 4.78 is 21.6. The molecular formula is C18H27NO4. The number of aryl methyl sites for hydroxylation is 1. The predicted molar refractivity (Wildman–Crippen MR) is 90.6 cm³/mol. The lowest BCUT2D eigenvalue weighted by Crippen LogP contribution is -2.31. The maximum atomic E-state index is 5.52. The molecule has 0 saturated carbocycles. The molecule has 0 spiro atoms. The van der Waals surface area contributed by atoms with Gasteiger partial charge in [0.1, 0.15) is 0 Å². The molecule has 0 N–H and O–H groups in total. The Balaban J connectivity index is 1.88. The fourth-order valence-corrected chi connectivity index (χ4v) is 2.72. The second-order valence-electron chi connectivity index (χ2n) is 5.42. The maximum Gasteiger partial charge on any atom is 0.203 e. The molecule has 128 valence electrons. The monoisotopic (exact) mass is 321 g/mol. The molecule has 2 rings (SSSR count). The first kappa shape index (κ1) is 17.5. The highest BCUT2D eigenvalue weighted by Crippen LogP contribution is 2.40. The molecule has 5 heteroatoms. The molecule has 1 fully saturated rings. The van der Waals surface area contributed by atoms with E-state index in [1.54, 1.807) is 21.3 Å². The van der Waals surface area contributed by atoms with E-state index in [-0.39, 0.29) is 0 Å². The van der Waals surface area contributed by atoms with Crippen molar-refractivity contribution in [2.45, 2.75) is 19.3 Å². The second kappa shape index (κ2) is 9.30. The van der Waals surface area contributed by atoms with Crippen molar-refractivity contribution < 1.29 is 18.9 Å². The van der Waals surface area contributed by atoms with Crippen molar-refractivity contribution in [3.8, 4) is 17.2 Å². The third-order valence-corrected chi connectivity index (χ3v) is 3.96. The lowest BCUT2D eigenvalue weighted by Gasteiger charge is -2.25. The molecular weight excluding hydrogens is 294 g/mol. The fourth-order valence-electron chi connectivity index (χ4n) is 2.72. The topological polar surface area (TPSA) is 40.2 Å². The SMILES string of the molecule is COc1ccc(CCCC=CN2CCOCC2)c(OC)c1OC. The zero-order chi connectivity index (χ0) is 16.5. The van der Waals surface area contributed by atoms with Gasteiger partial charge in [-0.1, -0.05) is 12.1 Å². The van der Waals surface area contributed by atoms with Crippen LogP contribution in [0.3, 0.4) is 0 Å². The molecule has 1 aromatic rings. The van der Waals surface area contributed by atoms with Gasteiger partial charge in [0.05, 0.1) is 34.5 Å². The molecule has 0 amide bonds. The summed E-state index contributed by atoms with van der Waals surface area (Å²) in [6.07, 6.45) is 7.46. The van der Waals surface area contributed by atoms with E-state index in [1.165, 1.54) is 0 Å². The van der Waals surface area contributed by atoms with Crippen LogP contribution >= 0.6 is 0 Å². The Hall–Kier alpha value is -1.88. The fraction of sp³-hybridized carbons (Fsp3) is 0.556. The van der Waals surface area contributed by atoms with Crippen molar-refractivity contribution in [2.24, 2.45) is 0 Å². The number of nitrogens with zero attached hydrogens (tertiary/aromatic N) is 1. The van der Waals surface area contributed by atoms with E-state index < -0.39 is 0 Å². The van der Waals surface area contributed by atoms with Gasteiger partial charge in [-0.15, -0.1) is 0 Å². The van der Waals surface area contributed by atoms with Crippen molar-refractivity contribution in [1.82, 2.24) is 4.90 Å². The predicted octanol–water partition coefficient (Wildman–Crippen LogP) is 2.88. The Morgan fingerprint density at radius 2 is 1.78 bits per heavy atom. The third kappa shape index (κ3) is 4.79. The minimum absolute atomic E-state index is 0.663. The molecule has 1 aliphatic heterocycles. The molecule has 1 aromatic carbocycles. The number of unbranched alkanes of at least 4 members (excludes halogenated alkanes) is 1. The van der Waals surface area contributed by atoms with Gasteiger partial charge in [0, 0.05) is 13.1 Å². The average Bonchev–Trinajstić information content (AvgIpc) is 2.61. The molecule has 0 aliphatic carbocycles. The van der Waals surface area contributed by atoms with Gasteiger partial charge in [-0.3, -0.25) is 0 Å². The quantitative estimate of drug-likeness (QED) is 0.689. The molecule has 1 saturated heterocycles. The van der Waals surface area contributed by atoms with Crippen LogP contribution in [0, 0.1) is 0 Å². The van der Waals surface area contributed by atoms with Crippen LogP contribution in [0.1, 0.15) is 18.4 Å². The van der Waals surface area contributed by atoms with Gasteiger partial charge in [0.25, 0.3) is 0 Å². The summed E-state index contributed by atoms with van der Waals surface area (Å²) in [5, 5.41) is 0. The summed E-state index contributed by atoms with van der Waals surface area (Å²) >= 11 is 0. The summed E-state index contributed by atoms with van der Waals surface area (Å²) in [7, 11) is 4.93. The van der Waals surface area contributed by atoms with Crippen molar-refractivity contribution in [2.75, 3.05) is 47.6 Å². The Bertz CT molecular complexity index is 510. The average molecular weight is 321 g/mol. The lowest BCUT2D eigenvalue weighted by atomic mass is 10.1. The number of allylic oxidation sites excluding steroid dienone is 1. The standard InChI is InChI=1S/C18H27NO4/c1-20-16-9-8-15(17(21-2)18(16)22-3)7-5-4-6-10-19-11-13-23-14-12-19/h6,8-10H,4-5,7,11-14H2,1-3H3. The molecule has 1 aliphatic rings. The molecule has 0 radical (unpaired) electrons. The summed E-state index contributed by atoms with van der Waals surface area (Å²) in [5.74, 6) is 2.13. The van der Waals surface area contributed by atoms with Crippen molar-refractivity contribution in [1.29, 1.82) is 0 Å². The Morgan fingerprint density at radius 1 is 1.04 bits per heavy atom. The molecule has 0 bridgehead atoms. The lowest BCUT2D eigenvalue weighted by molar-refractivity contribution is 0.0593. The smallest absolute Gasteiger partial charge is 0.203 e. The van der Waals surface area contributed by atoms with Gasteiger partial charge in [-0.2, -0.15) is 0 Å². The van der Waals surface area contributed by atoms with Crippen molar-refractivity contribution in [3.05, 3.63) is 30.0 Å². The Morgan fingerprint density at radius 3 is 2.43 bits per heavy atom. The molecule has 0 aromatic heterocycles. The third-order valence-electron chi connectivity index (χ3n) is 3.96. The van der Waals surface area contributed by atoms with Gasteiger partial charge in [-0.25, -0.2) is 0 Å². The van der Waals surface area contributed by atoms with E-state index in [1.807, 2.05) is 12.1 Å². The summed E-state index contributed by atoms with van der Waals surface area (Å²) in [6, 6.07) is 3.98. The highest BCUT2D eigenvalue weighted by molar-refractivity contribution is 5.55. The zero-order valence-electron chi connectivity index (χ0n) is 14.3. The van der Waals surface area contributed by atoms with Gasteiger partial charge in [-0.05, 0) is 37.1 Å². The largest absolute Gasteiger partial charge is 0.493 e. The molecule has 5 nitrogen and oxygen atoms in total. The maximum absolute atomic E-state index is 5.52.